The molecule has 0 saturated heterocycles. The Kier molecular flexibility index (Phi) is 21.9. The molecule has 0 aliphatic carbocycles. The van der Waals surface area contributed by atoms with Crippen molar-refractivity contribution in [3.63, 3.8) is 0 Å². The summed E-state index contributed by atoms with van der Waals surface area (Å²) in [6.45, 7) is 2.28. The van der Waals surface area contributed by atoms with Gasteiger partial charge in [-0.25, -0.2) is 9.59 Å². The number of alkyl carbamates (subject to hydrolysis) is 1. The number of nitrogens with two attached hydrogens (primary N) is 4. The molecule has 340 valence electrons. The van der Waals surface area contributed by atoms with Gasteiger partial charge in [-0.2, -0.15) is 0 Å². The zero-order valence-corrected chi connectivity index (χ0v) is 36.1. The van der Waals surface area contributed by atoms with Gasteiger partial charge in [0, 0.05) is 18.2 Å². The van der Waals surface area contributed by atoms with Crippen LogP contribution < -0.4 is 53.7 Å². The average molecular weight is 868 g/mol. The summed E-state index contributed by atoms with van der Waals surface area (Å²) >= 11 is 0. The number of nitrogens with one attached hydrogen (secondary N) is 5. The van der Waals surface area contributed by atoms with Crippen molar-refractivity contribution in [1.82, 2.24) is 21.3 Å². The third-order valence-corrected chi connectivity index (χ3v) is 10.3. The maximum atomic E-state index is 13.9. The molecule has 0 fully saturated rings. The Morgan fingerprint density at radius 3 is 1.97 bits per heavy atom. The van der Waals surface area contributed by atoms with Crippen molar-refractivity contribution in [3.05, 3.63) is 108 Å². The van der Waals surface area contributed by atoms with Crippen molar-refractivity contribution in [2.75, 3.05) is 39.3 Å². The predicted octanol–water partition coefficient (Wildman–Crippen LogP) is 4.35. The van der Waals surface area contributed by atoms with Gasteiger partial charge in [0.05, 0.1) is 18.2 Å². The van der Waals surface area contributed by atoms with Gasteiger partial charge in [-0.1, -0.05) is 74.2 Å². The van der Waals surface area contributed by atoms with Crippen molar-refractivity contribution in [2.24, 2.45) is 22.9 Å². The number of carbonyl (C=O) groups excluding carboxylic acids is 4. The number of hydrogen-bond acceptors (Lipinski definition) is 12. The monoisotopic (exact) mass is 868 g/mol. The van der Waals surface area contributed by atoms with Crippen LogP contribution in [0, 0.1) is 5.41 Å². The Bertz CT molecular complexity index is 2040. The topological polar surface area (TPSA) is 272 Å². The van der Waals surface area contributed by atoms with Crippen LogP contribution in [-0.2, 0) is 20.9 Å². The molecule has 4 aromatic carbocycles. The quantitative estimate of drug-likeness (QED) is 0.0121. The van der Waals surface area contributed by atoms with Crippen LogP contribution in [-0.4, -0.2) is 87.2 Å². The van der Waals surface area contributed by atoms with Gasteiger partial charge in [-0.3, -0.25) is 15.0 Å². The molecule has 0 aliphatic heterocycles. The lowest BCUT2D eigenvalue weighted by molar-refractivity contribution is -0.130. The smallest absolute Gasteiger partial charge is 0.407 e. The average Bonchev–Trinajstić information content (AvgIpc) is 3.29. The predicted molar refractivity (Wildman–Crippen MR) is 245 cm³/mol. The van der Waals surface area contributed by atoms with Crippen molar-refractivity contribution in [2.45, 2.75) is 88.9 Å². The number of fused-ring (bicyclic) bond motifs is 1. The highest BCUT2D eigenvalue weighted by Gasteiger charge is 2.26. The van der Waals surface area contributed by atoms with Crippen LogP contribution >= 0.6 is 0 Å². The molecule has 3 amide bonds. The fraction of sp³-hybridized carbons (Fsp3) is 0.426. The molecular weight excluding hydrogens is 803 g/mol. The minimum absolute atomic E-state index is 0.0243. The number of benzene rings is 4. The van der Waals surface area contributed by atoms with Crippen molar-refractivity contribution >= 4 is 40.5 Å². The maximum Gasteiger partial charge on any atom is 0.407 e. The Morgan fingerprint density at radius 2 is 1.25 bits per heavy atom. The van der Waals surface area contributed by atoms with E-state index in [1.165, 1.54) is 0 Å². The van der Waals surface area contributed by atoms with Gasteiger partial charge in [-0.15, -0.1) is 0 Å². The summed E-state index contributed by atoms with van der Waals surface area (Å²) in [7, 11) is 0. The first kappa shape index (κ1) is 49.6. The van der Waals surface area contributed by atoms with Gasteiger partial charge in [-0.05, 0) is 117 Å². The van der Waals surface area contributed by atoms with E-state index in [2.05, 4.69) is 21.3 Å². The van der Waals surface area contributed by atoms with Crippen LogP contribution in [0.5, 0.6) is 11.5 Å². The summed E-state index contributed by atoms with van der Waals surface area (Å²) in [5.41, 5.74) is 24.6. The first-order chi connectivity index (χ1) is 30.6. The normalized spacial score (nSPS) is 12.4. The first-order valence-electron chi connectivity index (χ1n) is 21.8. The summed E-state index contributed by atoms with van der Waals surface area (Å²) in [6, 6.07) is 24.7. The summed E-state index contributed by atoms with van der Waals surface area (Å²) < 4.78 is 16.9. The van der Waals surface area contributed by atoms with Crippen LogP contribution in [0.15, 0.2) is 91.0 Å². The summed E-state index contributed by atoms with van der Waals surface area (Å²) in [5.74, 6) is -0.357. The van der Waals surface area contributed by atoms with E-state index in [1.807, 2.05) is 36.4 Å². The molecule has 0 heterocycles. The standard InChI is InChI=1S/C47H65N9O7/c48-24-8-2-5-15-42(56-45(58)41(14-7-10-26-50)54-31-38(13-6-9-25-49)55-47(60)62-32-33-11-3-1-4-12-33)44(57)53-27-28-61-39-21-18-34(19-22-39)46(59)63-40-23-20-35-29-37(43(51)52)17-16-36(35)30-40/h1,3-4,11-12,16-23,29-30,38,41-42,54H,2,5-10,13-15,24-28,31-32,48-50H2,(H3,51,52)(H,53,57)(H,55,60)(H,56,58)/t38-,41-,42-/m0/s1. The van der Waals surface area contributed by atoms with E-state index < -0.39 is 24.1 Å². The molecule has 4 rings (SSSR count). The Morgan fingerprint density at radius 1 is 0.635 bits per heavy atom. The molecule has 3 atom stereocenters. The molecule has 0 spiro atoms. The van der Waals surface area contributed by atoms with E-state index in [4.69, 9.17) is 42.6 Å². The molecule has 0 aliphatic rings. The highest BCUT2D eigenvalue weighted by atomic mass is 16.5. The molecule has 4 aromatic rings. The lowest BCUT2D eigenvalue weighted by Gasteiger charge is -2.26. The van der Waals surface area contributed by atoms with E-state index in [0.29, 0.717) is 80.9 Å². The summed E-state index contributed by atoms with van der Waals surface area (Å²) in [4.78, 5) is 53.1. The van der Waals surface area contributed by atoms with Crippen molar-refractivity contribution in [1.29, 1.82) is 5.41 Å². The number of hydrogen-bond donors (Lipinski definition) is 9. The van der Waals surface area contributed by atoms with Crippen LogP contribution in [0.1, 0.15) is 85.7 Å². The SMILES string of the molecule is N=C(N)c1ccc2cc(OC(=O)c3ccc(OCCNC(=O)[C@H](CCCCCN)NC(=O)[C@H](CCCCN)NC[C@H](CCCCN)NC(=O)OCc4ccccc4)cc3)ccc2c1. The van der Waals surface area contributed by atoms with Crippen LogP contribution in [0.25, 0.3) is 10.8 Å². The van der Waals surface area contributed by atoms with E-state index >= 15 is 0 Å². The molecule has 0 saturated carbocycles. The number of rotatable bonds is 29. The second kappa shape index (κ2) is 27.8. The van der Waals surface area contributed by atoms with Gasteiger partial charge in [0.25, 0.3) is 0 Å². The van der Waals surface area contributed by atoms with Crippen molar-refractivity contribution < 1.29 is 33.4 Å². The lowest BCUT2D eigenvalue weighted by atomic mass is 10.0. The van der Waals surface area contributed by atoms with E-state index in [9.17, 15) is 19.2 Å². The first-order valence-corrected chi connectivity index (χ1v) is 21.8. The Labute approximate surface area is 370 Å². The van der Waals surface area contributed by atoms with E-state index in [1.54, 1.807) is 54.6 Å². The zero-order chi connectivity index (χ0) is 45.2. The number of esters is 1. The molecular formula is C47H65N9O7. The number of nitrogen functional groups attached to an aromatic ring is 1. The van der Waals surface area contributed by atoms with E-state index in [-0.39, 0.29) is 43.5 Å². The lowest BCUT2D eigenvalue weighted by Crippen LogP contribution is -2.55. The number of ether oxygens (including phenoxy) is 3. The van der Waals surface area contributed by atoms with Gasteiger partial charge in [0.2, 0.25) is 11.8 Å². The van der Waals surface area contributed by atoms with Gasteiger partial charge >= 0.3 is 12.1 Å². The molecule has 0 radical (unpaired) electrons. The third-order valence-electron chi connectivity index (χ3n) is 10.3. The van der Waals surface area contributed by atoms with Gasteiger partial charge < -0.3 is 58.4 Å². The fourth-order valence-corrected chi connectivity index (χ4v) is 6.78. The number of amides is 3. The summed E-state index contributed by atoms with van der Waals surface area (Å²) in [5, 5.41) is 21.5. The molecule has 13 N–H and O–H groups in total. The van der Waals surface area contributed by atoms with Crippen LogP contribution in [0.4, 0.5) is 4.79 Å². The molecule has 16 heteroatoms. The second-order valence-corrected chi connectivity index (χ2v) is 15.3. The highest BCUT2D eigenvalue weighted by Crippen LogP contribution is 2.23. The van der Waals surface area contributed by atoms with E-state index in [0.717, 1.165) is 48.4 Å². The molecule has 0 aromatic heterocycles. The Balaban J connectivity index is 1.30. The molecule has 0 bridgehead atoms. The summed E-state index contributed by atoms with van der Waals surface area (Å²) in [6.07, 6.45) is 6.25. The minimum Gasteiger partial charge on any atom is -0.492 e. The van der Waals surface area contributed by atoms with Gasteiger partial charge in [0.15, 0.2) is 0 Å². The highest BCUT2D eigenvalue weighted by molar-refractivity contribution is 5.99. The maximum absolute atomic E-state index is 13.9. The molecule has 63 heavy (non-hydrogen) atoms. The van der Waals surface area contributed by atoms with Gasteiger partial charge in [0.1, 0.15) is 36.6 Å². The largest absolute Gasteiger partial charge is 0.492 e. The number of unbranched alkanes of at least 4 members (excludes halogenated alkanes) is 4. The minimum atomic E-state index is -0.800. The van der Waals surface area contributed by atoms with Crippen LogP contribution in [0.3, 0.4) is 0 Å². The van der Waals surface area contributed by atoms with Crippen molar-refractivity contribution in [3.8, 4) is 11.5 Å². The third kappa shape index (κ3) is 18.1. The number of carbonyl (C=O) groups is 4. The fourth-order valence-electron chi connectivity index (χ4n) is 6.78. The Hall–Kier alpha value is -6.07. The zero-order valence-electron chi connectivity index (χ0n) is 36.1. The second-order valence-electron chi connectivity index (χ2n) is 15.3. The number of amidine groups is 1. The molecule has 0 unspecified atom stereocenters. The molecule has 16 nitrogen and oxygen atoms in total. The van der Waals surface area contributed by atoms with Crippen LogP contribution in [0.2, 0.25) is 0 Å².